The number of benzene rings is 1. The number of H-pyrrole nitrogens is 1. The van der Waals surface area contributed by atoms with E-state index in [1.807, 2.05) is 0 Å². The van der Waals surface area contributed by atoms with Crippen LogP contribution in [-0.4, -0.2) is 25.5 Å². The average Bonchev–Trinajstić information content (AvgIpc) is 3.71. The van der Waals surface area contributed by atoms with Gasteiger partial charge in [0.25, 0.3) is 0 Å². The molecule has 3 N–H and O–H groups in total. The van der Waals surface area contributed by atoms with Crippen molar-refractivity contribution in [3.05, 3.63) is 40.9 Å². The molecule has 240 valence electrons. The van der Waals surface area contributed by atoms with Crippen molar-refractivity contribution in [2.24, 2.45) is 15.7 Å². The highest BCUT2D eigenvalue weighted by Gasteiger charge is 2.35. The summed E-state index contributed by atoms with van der Waals surface area (Å²) in [4.78, 5) is 9.21. The van der Waals surface area contributed by atoms with Gasteiger partial charge in [-0.1, -0.05) is 16.2 Å². The number of nitrogens with zero attached hydrogens (tertiary/aromatic N) is 6. The molecule has 0 aliphatic carbocycles. The minimum Gasteiger partial charge on any atom is -0.361 e. The minimum atomic E-state index is -4.59. The van der Waals surface area contributed by atoms with Crippen molar-refractivity contribution in [3.63, 3.8) is 0 Å². The lowest BCUT2D eigenvalue weighted by molar-refractivity contribution is -0.251. The van der Waals surface area contributed by atoms with E-state index < -0.39 is 12.0 Å². The van der Waals surface area contributed by atoms with Gasteiger partial charge < -0.3 is 14.0 Å². The Morgan fingerprint density at radius 2 is 1.46 bits per heavy atom. The zero-order valence-corrected chi connectivity index (χ0v) is 24.7. The number of imidazole rings is 1. The number of rotatable bonds is 4. The summed E-state index contributed by atoms with van der Waals surface area (Å²) in [5, 5.41) is 22.4. The second-order valence-corrected chi connectivity index (χ2v) is 8.27. The Morgan fingerprint density at radius 3 is 1.89 bits per heavy atom. The van der Waals surface area contributed by atoms with Crippen LogP contribution in [0.2, 0.25) is 0 Å². The van der Waals surface area contributed by atoms with Crippen molar-refractivity contribution in [1.82, 2.24) is 20.3 Å². The number of halogens is 3. The molecule has 3 aromatic heterocycles. The first-order valence-corrected chi connectivity index (χ1v) is 12.4. The SMILES string of the molecule is C#CC#CC#CC#CC#CC#CC.Cc1noc(C)c1-c1cc(-c2c(C)noc2C)c2nc(C(F)(F)F)[nH]c2c1.N=N/N=N/OO.[HH].[HH].[HH].[HH].[HH]. The van der Waals surface area contributed by atoms with Crippen LogP contribution in [0.1, 0.15) is 42.8 Å². The monoisotopic (exact) mass is 636 g/mol. The maximum Gasteiger partial charge on any atom is 0.449 e. The lowest BCUT2D eigenvalue weighted by Gasteiger charge is -2.07. The molecule has 15 heteroatoms. The Labute approximate surface area is 268 Å². The first kappa shape index (κ1) is 35.4. The largest absolute Gasteiger partial charge is 0.449 e. The van der Waals surface area contributed by atoms with E-state index in [4.69, 9.17) is 26.3 Å². The molecule has 0 saturated heterocycles. The van der Waals surface area contributed by atoms with Gasteiger partial charge in [0.1, 0.15) is 11.5 Å². The Kier molecular flexibility index (Phi) is 13.4. The van der Waals surface area contributed by atoms with Crippen LogP contribution in [0, 0.1) is 105 Å². The van der Waals surface area contributed by atoms with E-state index in [-0.39, 0.29) is 18.2 Å². The van der Waals surface area contributed by atoms with E-state index >= 15 is 0 Å². The molecule has 0 amide bonds. The molecule has 0 bridgehead atoms. The Morgan fingerprint density at radius 1 is 0.913 bits per heavy atom. The van der Waals surface area contributed by atoms with E-state index in [2.05, 4.69) is 106 Å². The predicted octanol–water partition coefficient (Wildman–Crippen LogP) is 7.80. The minimum absolute atomic E-state index is 0. The summed E-state index contributed by atoms with van der Waals surface area (Å²) in [6.45, 7) is 8.68. The summed E-state index contributed by atoms with van der Waals surface area (Å²) in [5.41, 5.74) is 10.1. The van der Waals surface area contributed by atoms with Crippen molar-refractivity contribution in [2.45, 2.75) is 40.8 Å². The molecule has 0 saturated carbocycles. The lowest BCUT2D eigenvalue weighted by Crippen LogP contribution is -2.06. The fraction of sp³-hybridized carbons (Fsp3) is 0.194. The second-order valence-electron chi connectivity index (χ2n) is 8.27. The quantitative estimate of drug-likeness (QED) is 0.0887. The number of aromatic amines is 1. The zero-order valence-electron chi connectivity index (χ0n) is 24.7. The molecular weight excluding hydrogens is 605 g/mol. The van der Waals surface area contributed by atoms with Crippen molar-refractivity contribution in [1.29, 1.82) is 5.53 Å². The molecule has 46 heavy (non-hydrogen) atoms. The number of aryl methyl sites for hydroxylation is 4. The highest BCUT2D eigenvalue weighted by Crippen LogP contribution is 2.39. The van der Waals surface area contributed by atoms with Gasteiger partial charge in [0.05, 0.1) is 27.7 Å². The van der Waals surface area contributed by atoms with Crippen molar-refractivity contribution < 1.29 is 39.6 Å². The molecule has 0 unspecified atom stereocenters. The fourth-order valence-electron chi connectivity index (χ4n) is 3.70. The highest BCUT2D eigenvalue weighted by molar-refractivity contribution is 5.97. The Hall–Kier alpha value is -6.78. The van der Waals surface area contributed by atoms with E-state index in [1.165, 1.54) is 0 Å². The molecular formula is C31H31F3N8O4. The van der Waals surface area contributed by atoms with Crippen LogP contribution in [0.25, 0.3) is 33.3 Å². The number of terminal acetylenes is 1. The summed E-state index contributed by atoms with van der Waals surface area (Å²) >= 11 is 0. The van der Waals surface area contributed by atoms with E-state index in [1.54, 1.807) is 46.8 Å². The standard InChI is InChI=1S/C18H15F3N4O2.C13H4.H2N4O2.5H2/c1-7-14(9(3)26-24-7)11-5-12(15-8(2)25-27-10(15)4)16-13(6-11)22-17(23-16)18(19,20)21;1-3-5-7-9-11-13-12-10-8-6-4-2;1-2-3-4-6-5;;;;;/h5-6H,1-4H3,(H,22,23);1H,2H3;1,5H;5*1H/b;;2-1?,4-3+;;;;;. The van der Waals surface area contributed by atoms with Gasteiger partial charge in [-0.2, -0.15) is 24.0 Å². The summed E-state index contributed by atoms with van der Waals surface area (Å²) in [5.74, 6) is 27.0. The zero-order chi connectivity index (χ0) is 34.1. The normalized spacial score (nSPS) is 9.39. The number of fused-ring (bicyclic) bond motifs is 1. The van der Waals surface area contributed by atoms with Crippen molar-refractivity contribution in [2.75, 3.05) is 0 Å². The topological polar surface area (TPSA) is 171 Å². The summed E-state index contributed by atoms with van der Waals surface area (Å²) in [7, 11) is 0. The van der Waals surface area contributed by atoms with Crippen LogP contribution in [0.5, 0.6) is 0 Å². The molecule has 0 aliphatic rings. The summed E-state index contributed by atoms with van der Waals surface area (Å²) < 4.78 is 50.1. The summed E-state index contributed by atoms with van der Waals surface area (Å²) in [6.07, 6.45) is 0.274. The van der Waals surface area contributed by atoms with E-state index in [0.717, 1.165) is 5.56 Å². The second kappa shape index (κ2) is 17.4. The third-order valence-corrected chi connectivity index (χ3v) is 5.29. The Balaban J connectivity index is -0.000000394. The van der Waals surface area contributed by atoms with Gasteiger partial charge in [-0.25, -0.2) is 9.97 Å². The third kappa shape index (κ3) is 9.90. The van der Waals surface area contributed by atoms with Crippen LogP contribution >= 0.6 is 0 Å². The van der Waals surface area contributed by atoms with Crippen molar-refractivity contribution >= 4 is 11.0 Å². The molecule has 0 spiro atoms. The molecule has 12 nitrogen and oxygen atoms in total. The maximum atomic E-state index is 13.2. The molecule has 4 rings (SSSR count). The van der Waals surface area contributed by atoms with Gasteiger partial charge in [-0.05, 0) is 117 Å². The van der Waals surface area contributed by atoms with Gasteiger partial charge in [-0.3, -0.25) is 0 Å². The van der Waals surface area contributed by atoms with Gasteiger partial charge >= 0.3 is 6.18 Å². The first-order valence-electron chi connectivity index (χ1n) is 12.4. The van der Waals surface area contributed by atoms with Crippen LogP contribution in [0.3, 0.4) is 0 Å². The maximum absolute atomic E-state index is 13.2. The number of hydrogen-bond acceptors (Lipinski definition) is 9. The van der Waals surface area contributed by atoms with Crippen molar-refractivity contribution in [3.8, 4) is 93.8 Å². The van der Waals surface area contributed by atoms with Crippen LogP contribution in [0.4, 0.5) is 13.2 Å². The van der Waals surface area contributed by atoms with Crippen LogP contribution < -0.4 is 0 Å². The average molecular weight is 637 g/mol. The summed E-state index contributed by atoms with van der Waals surface area (Å²) in [6, 6.07) is 3.38. The van der Waals surface area contributed by atoms with Gasteiger partial charge in [0, 0.05) is 29.0 Å². The first-order chi connectivity index (χ1) is 22.0. The fourth-order valence-corrected chi connectivity index (χ4v) is 3.70. The number of nitrogens with one attached hydrogen (secondary N) is 2. The molecule has 1 aromatic carbocycles. The van der Waals surface area contributed by atoms with Gasteiger partial charge in [0.2, 0.25) is 5.82 Å². The highest BCUT2D eigenvalue weighted by atomic mass is 19.4. The van der Waals surface area contributed by atoms with E-state index in [9.17, 15) is 13.2 Å². The van der Waals surface area contributed by atoms with Crippen LogP contribution in [-0.2, 0) is 11.2 Å². The molecule has 0 fully saturated rings. The molecule has 0 aliphatic heterocycles. The van der Waals surface area contributed by atoms with E-state index in [0.29, 0.717) is 39.6 Å². The van der Waals surface area contributed by atoms with Gasteiger partial charge in [0.15, 0.2) is 0 Å². The predicted molar refractivity (Wildman–Crippen MR) is 169 cm³/mol. The number of hydrogen-bond donors (Lipinski definition) is 3. The van der Waals surface area contributed by atoms with Crippen LogP contribution in [0.15, 0.2) is 36.9 Å². The number of alkyl halides is 3. The Bertz CT molecular complexity index is 2090. The smallest absolute Gasteiger partial charge is 0.361 e. The molecule has 4 aromatic rings. The molecule has 0 radical (unpaired) electrons. The number of aromatic nitrogens is 4. The lowest BCUT2D eigenvalue weighted by atomic mass is 9.96. The van der Waals surface area contributed by atoms with Gasteiger partial charge in [-0.15, -0.1) is 6.42 Å². The molecule has 0 atom stereocenters. The molecule has 3 heterocycles. The third-order valence-electron chi connectivity index (χ3n) is 5.29.